The molecule has 0 aromatic rings. The normalized spacial score (nSPS) is 64.4. The molecular weight excluding hydrogens is 164 g/mol. The topological polar surface area (TPSA) is 40.5 Å². The average Bonchev–Trinajstić information content (AvgIpc) is 2.41. The predicted molar refractivity (Wildman–Crippen MR) is 49.1 cm³/mol. The van der Waals surface area contributed by atoms with Gasteiger partial charge in [-0.15, -0.1) is 0 Å². The second kappa shape index (κ2) is 2.12. The Morgan fingerprint density at radius 2 is 2.00 bits per heavy atom. The summed E-state index contributed by atoms with van der Waals surface area (Å²) in [6, 6.07) is 0. The second-order valence-corrected chi connectivity index (χ2v) is 5.65. The number of aliphatic hydroxyl groups excluding tert-OH is 1. The van der Waals surface area contributed by atoms with Gasteiger partial charge >= 0.3 is 0 Å². The van der Waals surface area contributed by atoms with Crippen LogP contribution in [-0.4, -0.2) is 21.9 Å². The molecule has 2 heteroatoms. The minimum atomic E-state index is -0.494. The van der Waals surface area contributed by atoms with E-state index in [9.17, 15) is 10.2 Å². The Balaban J connectivity index is 2.09. The lowest BCUT2D eigenvalue weighted by atomic mass is 9.66. The summed E-state index contributed by atoms with van der Waals surface area (Å²) in [5.74, 6) is 0.668. The molecule has 3 aliphatic rings. The van der Waals surface area contributed by atoms with Crippen molar-refractivity contribution in [3.8, 4) is 0 Å². The van der Waals surface area contributed by atoms with Crippen LogP contribution in [0.25, 0.3) is 0 Å². The van der Waals surface area contributed by atoms with Crippen molar-refractivity contribution in [2.45, 2.75) is 50.7 Å². The predicted octanol–water partition coefficient (Wildman–Crippen LogP) is 1.31. The molecule has 0 saturated heterocycles. The lowest BCUT2D eigenvalue weighted by Crippen LogP contribution is -2.49. The summed E-state index contributed by atoms with van der Waals surface area (Å²) in [4.78, 5) is 0. The molecule has 3 fully saturated rings. The van der Waals surface area contributed by atoms with Crippen LogP contribution in [0.5, 0.6) is 0 Å². The van der Waals surface area contributed by atoms with Crippen LogP contribution in [0.1, 0.15) is 39.0 Å². The summed E-state index contributed by atoms with van der Waals surface area (Å²) in [6.45, 7) is 2.25. The molecule has 4 bridgehead atoms. The van der Waals surface area contributed by atoms with E-state index in [4.69, 9.17) is 0 Å². The quantitative estimate of drug-likeness (QED) is 0.593. The summed E-state index contributed by atoms with van der Waals surface area (Å²) in [7, 11) is 0. The van der Waals surface area contributed by atoms with Crippen LogP contribution in [0, 0.1) is 17.3 Å². The molecule has 13 heavy (non-hydrogen) atoms. The molecule has 5 atom stereocenters. The maximum atomic E-state index is 10.5. The zero-order chi connectivity index (χ0) is 9.27. The Bertz CT molecular complexity index is 252. The molecule has 0 aromatic heterocycles. The van der Waals surface area contributed by atoms with Gasteiger partial charge in [-0.25, -0.2) is 0 Å². The summed E-state index contributed by atoms with van der Waals surface area (Å²) >= 11 is 0. The first kappa shape index (κ1) is 8.25. The van der Waals surface area contributed by atoms with E-state index in [-0.39, 0.29) is 17.4 Å². The molecule has 0 heterocycles. The van der Waals surface area contributed by atoms with E-state index in [1.807, 2.05) is 0 Å². The van der Waals surface area contributed by atoms with Gasteiger partial charge in [0, 0.05) is 5.92 Å². The average molecular weight is 182 g/mol. The lowest BCUT2D eigenvalue weighted by Gasteiger charge is -2.44. The van der Waals surface area contributed by atoms with Crippen LogP contribution >= 0.6 is 0 Å². The van der Waals surface area contributed by atoms with Crippen molar-refractivity contribution in [2.24, 2.45) is 17.3 Å². The van der Waals surface area contributed by atoms with E-state index in [0.717, 1.165) is 32.1 Å². The Hall–Kier alpha value is -0.0800. The van der Waals surface area contributed by atoms with Gasteiger partial charge in [0.25, 0.3) is 0 Å². The summed E-state index contributed by atoms with van der Waals surface area (Å²) in [5.41, 5.74) is -0.256. The van der Waals surface area contributed by atoms with Gasteiger partial charge in [0.15, 0.2) is 0 Å². The molecule has 3 saturated carbocycles. The Morgan fingerprint density at radius 3 is 2.77 bits per heavy atom. The smallest absolute Gasteiger partial charge is 0.0733 e. The third-order valence-electron chi connectivity index (χ3n) is 5.09. The van der Waals surface area contributed by atoms with Gasteiger partial charge in [0.1, 0.15) is 0 Å². The van der Waals surface area contributed by atoms with Crippen molar-refractivity contribution < 1.29 is 10.2 Å². The first-order chi connectivity index (χ1) is 6.06. The molecular formula is C11H18O2. The van der Waals surface area contributed by atoms with Gasteiger partial charge < -0.3 is 10.2 Å². The minimum Gasteiger partial charge on any atom is -0.393 e. The van der Waals surface area contributed by atoms with Crippen molar-refractivity contribution in [3.05, 3.63) is 0 Å². The highest BCUT2D eigenvalue weighted by Crippen LogP contribution is 2.65. The molecule has 3 rings (SSSR count). The van der Waals surface area contributed by atoms with E-state index in [0.29, 0.717) is 5.92 Å². The second-order valence-electron chi connectivity index (χ2n) is 5.65. The first-order valence-corrected chi connectivity index (χ1v) is 5.47. The Morgan fingerprint density at radius 1 is 1.23 bits per heavy atom. The van der Waals surface area contributed by atoms with Gasteiger partial charge in [0.05, 0.1) is 11.7 Å². The molecule has 0 radical (unpaired) electrons. The maximum absolute atomic E-state index is 10.5. The molecule has 0 unspecified atom stereocenters. The standard InChI is InChI=1S/C11H18O2/c1-10-4-5-11(13)7(8(12)6-10)2-3-9(10)11/h7-9,12-13H,2-6H2,1H3/t7-,8+,9+,10-,11-/m0/s1. The third-order valence-corrected chi connectivity index (χ3v) is 5.09. The largest absolute Gasteiger partial charge is 0.393 e. The fourth-order valence-corrected chi connectivity index (χ4v) is 4.47. The maximum Gasteiger partial charge on any atom is 0.0733 e. The molecule has 0 spiro atoms. The van der Waals surface area contributed by atoms with Gasteiger partial charge in [0.2, 0.25) is 0 Å². The van der Waals surface area contributed by atoms with Gasteiger partial charge in [-0.1, -0.05) is 6.92 Å². The van der Waals surface area contributed by atoms with Crippen LogP contribution < -0.4 is 0 Å². The zero-order valence-electron chi connectivity index (χ0n) is 8.16. The molecule has 0 aromatic carbocycles. The van der Waals surface area contributed by atoms with E-state index < -0.39 is 5.60 Å². The molecule has 3 aliphatic carbocycles. The molecule has 74 valence electrons. The fourth-order valence-electron chi connectivity index (χ4n) is 4.47. The SMILES string of the molecule is C[C@@]12CC[C@@]3(O)[C@@H]1CC[C@H]3[C@H](O)C2. The minimum absolute atomic E-state index is 0.188. The first-order valence-electron chi connectivity index (χ1n) is 5.47. The molecule has 0 amide bonds. The highest BCUT2D eigenvalue weighted by molar-refractivity contribution is 5.16. The molecule has 2 N–H and O–H groups in total. The number of hydrogen-bond acceptors (Lipinski definition) is 2. The van der Waals surface area contributed by atoms with Gasteiger partial charge in [-0.3, -0.25) is 0 Å². The number of hydrogen-bond donors (Lipinski definition) is 2. The molecule has 0 aliphatic heterocycles. The van der Waals surface area contributed by atoms with Crippen molar-refractivity contribution in [2.75, 3.05) is 0 Å². The molecule has 2 nitrogen and oxygen atoms in total. The summed E-state index contributed by atoms with van der Waals surface area (Å²) in [5, 5.41) is 20.4. The van der Waals surface area contributed by atoms with E-state index in [2.05, 4.69) is 6.92 Å². The van der Waals surface area contributed by atoms with Crippen LogP contribution in [0.15, 0.2) is 0 Å². The van der Waals surface area contributed by atoms with Crippen LogP contribution in [0.2, 0.25) is 0 Å². The third kappa shape index (κ3) is 0.774. The van der Waals surface area contributed by atoms with Crippen molar-refractivity contribution in [1.82, 2.24) is 0 Å². The highest BCUT2D eigenvalue weighted by atomic mass is 16.3. The Labute approximate surface area is 79.0 Å². The monoisotopic (exact) mass is 182 g/mol. The van der Waals surface area contributed by atoms with Crippen LogP contribution in [0.4, 0.5) is 0 Å². The zero-order valence-corrected chi connectivity index (χ0v) is 8.16. The van der Waals surface area contributed by atoms with Crippen LogP contribution in [-0.2, 0) is 0 Å². The van der Waals surface area contributed by atoms with E-state index in [1.165, 1.54) is 0 Å². The Kier molecular flexibility index (Phi) is 1.34. The number of aliphatic hydroxyl groups is 2. The van der Waals surface area contributed by atoms with Crippen molar-refractivity contribution in [3.63, 3.8) is 0 Å². The lowest BCUT2D eigenvalue weighted by molar-refractivity contribution is -0.116. The van der Waals surface area contributed by atoms with Crippen LogP contribution in [0.3, 0.4) is 0 Å². The van der Waals surface area contributed by atoms with Crippen molar-refractivity contribution >= 4 is 0 Å². The van der Waals surface area contributed by atoms with E-state index in [1.54, 1.807) is 0 Å². The van der Waals surface area contributed by atoms with Gasteiger partial charge in [-0.05, 0) is 43.4 Å². The van der Waals surface area contributed by atoms with Crippen molar-refractivity contribution in [1.29, 1.82) is 0 Å². The highest BCUT2D eigenvalue weighted by Gasteiger charge is 2.65. The fraction of sp³-hybridized carbons (Fsp3) is 1.00. The van der Waals surface area contributed by atoms with Gasteiger partial charge in [-0.2, -0.15) is 0 Å². The summed E-state index contributed by atoms with van der Waals surface area (Å²) in [6.07, 6.45) is 4.89. The number of rotatable bonds is 0. The summed E-state index contributed by atoms with van der Waals surface area (Å²) < 4.78 is 0. The van der Waals surface area contributed by atoms with E-state index >= 15 is 0 Å².